The van der Waals surface area contributed by atoms with Crippen LogP contribution < -0.4 is 14.3 Å². The van der Waals surface area contributed by atoms with E-state index in [9.17, 15) is 8.42 Å². The first kappa shape index (κ1) is 23.9. The van der Waals surface area contributed by atoms with Gasteiger partial charge in [-0.2, -0.15) is 13.5 Å². The average Bonchev–Trinajstić information content (AvgIpc) is 2.75. The summed E-state index contributed by atoms with van der Waals surface area (Å²) in [6.07, 6.45) is 1.35. The quantitative estimate of drug-likeness (QED) is 0.311. The molecule has 0 spiro atoms. The van der Waals surface area contributed by atoms with Crippen LogP contribution >= 0.6 is 23.2 Å². The first-order valence-corrected chi connectivity index (χ1v) is 12.0. The van der Waals surface area contributed by atoms with E-state index in [2.05, 4.69) is 9.93 Å². The number of hydrazone groups is 1. The first-order valence-electron chi connectivity index (χ1n) is 9.74. The van der Waals surface area contributed by atoms with Crippen LogP contribution in [0.25, 0.3) is 0 Å². The fourth-order valence-electron chi connectivity index (χ4n) is 2.77. The van der Waals surface area contributed by atoms with Gasteiger partial charge in [-0.05, 0) is 49.7 Å². The largest absolute Gasteiger partial charge is 0.490 e. The van der Waals surface area contributed by atoms with Crippen LogP contribution in [0.4, 0.5) is 0 Å². The maximum absolute atomic E-state index is 12.4. The van der Waals surface area contributed by atoms with E-state index >= 15 is 0 Å². The van der Waals surface area contributed by atoms with E-state index in [0.717, 1.165) is 11.1 Å². The third-order valence-corrected chi connectivity index (χ3v) is 6.27. The number of ether oxygens (including phenoxy) is 2. The van der Waals surface area contributed by atoms with Crippen molar-refractivity contribution < 1.29 is 17.9 Å². The van der Waals surface area contributed by atoms with E-state index in [4.69, 9.17) is 32.7 Å². The van der Waals surface area contributed by atoms with Crippen molar-refractivity contribution in [3.05, 3.63) is 87.4 Å². The van der Waals surface area contributed by atoms with Gasteiger partial charge >= 0.3 is 0 Å². The molecular weight excluding hydrogens is 471 g/mol. The molecule has 0 aliphatic carbocycles. The second-order valence-electron chi connectivity index (χ2n) is 6.81. The Kier molecular flexibility index (Phi) is 8.01. The third-order valence-electron chi connectivity index (χ3n) is 4.38. The van der Waals surface area contributed by atoms with E-state index in [1.54, 1.807) is 30.3 Å². The summed E-state index contributed by atoms with van der Waals surface area (Å²) in [5.41, 5.74) is 2.31. The molecule has 0 unspecified atom stereocenters. The van der Waals surface area contributed by atoms with E-state index in [1.807, 2.05) is 32.0 Å². The number of rotatable bonds is 9. The average molecular weight is 493 g/mol. The summed E-state index contributed by atoms with van der Waals surface area (Å²) in [7, 11) is -3.78. The van der Waals surface area contributed by atoms with Gasteiger partial charge in [0.15, 0.2) is 11.5 Å². The van der Waals surface area contributed by atoms with Crippen molar-refractivity contribution in [1.29, 1.82) is 0 Å². The van der Waals surface area contributed by atoms with Gasteiger partial charge in [0.1, 0.15) is 6.61 Å². The van der Waals surface area contributed by atoms with Crippen LogP contribution in [0, 0.1) is 6.92 Å². The minimum atomic E-state index is -3.78. The molecule has 6 nitrogen and oxygen atoms in total. The molecule has 32 heavy (non-hydrogen) atoms. The standard InChI is InChI=1S/C23H22Cl2N2O4S/c1-3-30-22-13-17(14-26-27-32(28,29)19-10-8-16(2)9-11-19)12-21(25)23(22)31-15-18-6-4-5-7-20(18)24/h4-14,27H,3,15H2,1-2H3/b26-14+. The number of hydrogen-bond donors (Lipinski definition) is 1. The van der Waals surface area contributed by atoms with E-state index in [1.165, 1.54) is 18.3 Å². The summed E-state index contributed by atoms with van der Waals surface area (Å²) in [6, 6.07) is 17.1. The van der Waals surface area contributed by atoms with Gasteiger partial charge in [-0.1, -0.05) is 59.1 Å². The highest BCUT2D eigenvalue weighted by molar-refractivity contribution is 7.89. The molecule has 3 aromatic rings. The van der Waals surface area contributed by atoms with Gasteiger partial charge in [0, 0.05) is 10.6 Å². The molecule has 9 heteroatoms. The highest BCUT2D eigenvalue weighted by Crippen LogP contribution is 2.37. The lowest BCUT2D eigenvalue weighted by molar-refractivity contribution is 0.269. The van der Waals surface area contributed by atoms with E-state index in [0.29, 0.717) is 33.7 Å². The molecule has 0 saturated heterocycles. The Morgan fingerprint density at radius 1 is 1.00 bits per heavy atom. The normalized spacial score (nSPS) is 11.5. The second-order valence-corrected chi connectivity index (χ2v) is 9.28. The Morgan fingerprint density at radius 3 is 2.41 bits per heavy atom. The predicted octanol–water partition coefficient (Wildman–Crippen LogP) is 5.59. The lowest BCUT2D eigenvalue weighted by atomic mass is 10.2. The third kappa shape index (κ3) is 6.16. The van der Waals surface area contributed by atoms with Gasteiger partial charge < -0.3 is 9.47 Å². The summed E-state index contributed by atoms with van der Waals surface area (Å²) in [6.45, 7) is 4.31. The Balaban J connectivity index is 1.77. The summed E-state index contributed by atoms with van der Waals surface area (Å²) >= 11 is 12.6. The summed E-state index contributed by atoms with van der Waals surface area (Å²) in [5.74, 6) is 0.778. The molecule has 0 saturated carbocycles. The Hall–Kier alpha value is -2.74. The number of aryl methyl sites for hydroxylation is 1. The lowest BCUT2D eigenvalue weighted by Gasteiger charge is -2.15. The Bertz CT molecular complexity index is 1210. The minimum Gasteiger partial charge on any atom is -0.490 e. The van der Waals surface area contributed by atoms with Crippen LogP contribution in [0.15, 0.2) is 70.7 Å². The van der Waals surface area contributed by atoms with Gasteiger partial charge in [0.05, 0.1) is 22.7 Å². The minimum absolute atomic E-state index is 0.122. The highest BCUT2D eigenvalue weighted by Gasteiger charge is 2.14. The van der Waals surface area contributed by atoms with Crippen LogP contribution in [0.5, 0.6) is 11.5 Å². The SMILES string of the molecule is CCOc1cc(/C=N/NS(=O)(=O)c2ccc(C)cc2)cc(Cl)c1OCc1ccccc1Cl. The lowest BCUT2D eigenvalue weighted by Crippen LogP contribution is -2.18. The summed E-state index contributed by atoms with van der Waals surface area (Å²) in [4.78, 5) is 2.32. The second kappa shape index (κ2) is 10.7. The Labute approximate surface area is 197 Å². The zero-order valence-corrected chi connectivity index (χ0v) is 19.8. The first-order chi connectivity index (χ1) is 15.3. The zero-order chi connectivity index (χ0) is 23.1. The number of sulfonamides is 1. The van der Waals surface area contributed by atoms with Crippen LogP contribution in [-0.2, 0) is 16.6 Å². The smallest absolute Gasteiger partial charge is 0.276 e. The van der Waals surface area contributed by atoms with Gasteiger partial charge in [-0.25, -0.2) is 4.83 Å². The summed E-state index contributed by atoms with van der Waals surface area (Å²) in [5, 5.41) is 4.74. The number of halogens is 2. The molecule has 0 aliphatic heterocycles. The fraction of sp³-hybridized carbons (Fsp3) is 0.174. The monoisotopic (exact) mass is 492 g/mol. The highest BCUT2D eigenvalue weighted by atomic mass is 35.5. The molecular formula is C23H22Cl2N2O4S. The fourth-order valence-corrected chi connectivity index (χ4v) is 4.03. The van der Waals surface area contributed by atoms with Gasteiger partial charge in [0.2, 0.25) is 0 Å². The number of benzene rings is 3. The molecule has 0 heterocycles. The maximum atomic E-state index is 12.4. The molecule has 0 radical (unpaired) electrons. The van der Waals surface area contributed by atoms with Crippen molar-refractivity contribution >= 4 is 39.4 Å². The zero-order valence-electron chi connectivity index (χ0n) is 17.5. The van der Waals surface area contributed by atoms with Crippen LogP contribution in [0.1, 0.15) is 23.6 Å². The van der Waals surface area contributed by atoms with Crippen molar-refractivity contribution in [2.24, 2.45) is 5.10 Å². The van der Waals surface area contributed by atoms with Crippen LogP contribution in [0.3, 0.4) is 0 Å². The molecule has 0 atom stereocenters. The number of nitrogens with zero attached hydrogens (tertiary/aromatic N) is 1. The predicted molar refractivity (Wildman–Crippen MR) is 127 cm³/mol. The maximum Gasteiger partial charge on any atom is 0.276 e. The molecule has 0 fully saturated rings. The molecule has 0 aliphatic rings. The van der Waals surface area contributed by atoms with Crippen molar-refractivity contribution in [3.63, 3.8) is 0 Å². The molecule has 0 aromatic heterocycles. The molecule has 0 amide bonds. The van der Waals surface area contributed by atoms with Crippen LogP contribution in [0.2, 0.25) is 10.0 Å². The molecule has 168 valence electrons. The van der Waals surface area contributed by atoms with Gasteiger partial charge in [-0.15, -0.1) is 0 Å². The number of hydrogen-bond acceptors (Lipinski definition) is 5. The van der Waals surface area contributed by atoms with Crippen molar-refractivity contribution in [3.8, 4) is 11.5 Å². The van der Waals surface area contributed by atoms with E-state index in [-0.39, 0.29) is 11.5 Å². The molecule has 1 N–H and O–H groups in total. The Morgan fingerprint density at radius 2 is 1.72 bits per heavy atom. The van der Waals surface area contributed by atoms with Crippen LogP contribution in [-0.4, -0.2) is 21.2 Å². The van der Waals surface area contributed by atoms with Gasteiger partial charge in [-0.3, -0.25) is 0 Å². The van der Waals surface area contributed by atoms with Crippen molar-refractivity contribution in [2.45, 2.75) is 25.3 Å². The molecule has 3 aromatic carbocycles. The molecule has 3 rings (SSSR count). The molecule has 0 bridgehead atoms. The van der Waals surface area contributed by atoms with Crippen molar-refractivity contribution in [1.82, 2.24) is 4.83 Å². The van der Waals surface area contributed by atoms with E-state index < -0.39 is 10.0 Å². The summed E-state index contributed by atoms with van der Waals surface area (Å²) < 4.78 is 36.3. The van der Waals surface area contributed by atoms with Crippen molar-refractivity contribution in [2.75, 3.05) is 6.61 Å². The number of nitrogens with one attached hydrogen (secondary N) is 1. The topological polar surface area (TPSA) is 77.0 Å². The van der Waals surface area contributed by atoms with Gasteiger partial charge in [0.25, 0.3) is 10.0 Å².